The average molecular weight is 615 g/mol. The smallest absolute Gasteiger partial charge is 0.431 e. The minimum Gasteiger partial charge on any atom is -0.436 e. The molecule has 4 rings (SSSR count). The number of halogens is 7. The maximum atomic E-state index is 13.8. The SMILES string of the molecule is CC(C)c1cc(C#N)cc2nc(-c3ccc(C(O)NCC4CCN(CCCC(F)(C(F)(F)F)C(F)(F)F)CC4)cc3)oc12. The van der Waals surface area contributed by atoms with Crippen LogP contribution in [0, 0.1) is 17.2 Å². The van der Waals surface area contributed by atoms with Crippen LogP contribution in [0.3, 0.4) is 0 Å². The molecule has 1 atom stereocenters. The minimum atomic E-state index is -6.02. The fourth-order valence-electron chi connectivity index (χ4n) is 5.28. The van der Waals surface area contributed by atoms with Crippen molar-refractivity contribution in [1.29, 1.82) is 5.26 Å². The lowest BCUT2D eigenvalue weighted by Gasteiger charge is -2.34. The van der Waals surface area contributed by atoms with Crippen LogP contribution in [0.2, 0.25) is 0 Å². The van der Waals surface area contributed by atoms with E-state index >= 15 is 0 Å². The van der Waals surface area contributed by atoms with Gasteiger partial charge in [-0.25, -0.2) is 9.37 Å². The average Bonchev–Trinajstić information content (AvgIpc) is 3.39. The van der Waals surface area contributed by atoms with Gasteiger partial charge in [0.2, 0.25) is 5.89 Å². The Labute approximate surface area is 244 Å². The number of nitrogens with one attached hydrogen (secondary N) is 1. The molecule has 0 aliphatic carbocycles. The minimum absolute atomic E-state index is 0.0642. The van der Waals surface area contributed by atoms with Gasteiger partial charge < -0.3 is 14.4 Å². The molecule has 2 N–H and O–H groups in total. The van der Waals surface area contributed by atoms with E-state index in [-0.39, 0.29) is 18.4 Å². The molecule has 6 nitrogen and oxygen atoms in total. The van der Waals surface area contributed by atoms with E-state index in [9.17, 15) is 41.1 Å². The molecule has 0 spiro atoms. The van der Waals surface area contributed by atoms with Crippen LogP contribution in [-0.4, -0.2) is 59.2 Å². The summed E-state index contributed by atoms with van der Waals surface area (Å²) in [7, 11) is 0. The number of aliphatic hydroxyl groups is 1. The third-order valence-electron chi connectivity index (χ3n) is 7.94. The third kappa shape index (κ3) is 7.30. The maximum absolute atomic E-state index is 13.8. The van der Waals surface area contributed by atoms with E-state index in [1.165, 1.54) is 0 Å². The first-order valence-corrected chi connectivity index (χ1v) is 14.0. The molecule has 2 heterocycles. The van der Waals surface area contributed by atoms with Gasteiger partial charge in [-0.15, -0.1) is 0 Å². The van der Waals surface area contributed by atoms with Gasteiger partial charge in [-0.1, -0.05) is 26.0 Å². The highest BCUT2D eigenvalue weighted by Crippen LogP contribution is 2.49. The quantitative estimate of drug-likeness (QED) is 0.183. The maximum Gasteiger partial charge on any atom is 0.431 e. The Kier molecular flexibility index (Phi) is 9.73. The van der Waals surface area contributed by atoms with Crippen molar-refractivity contribution >= 4 is 11.1 Å². The lowest BCUT2D eigenvalue weighted by molar-refractivity contribution is -0.343. The van der Waals surface area contributed by atoms with Gasteiger partial charge in [0.15, 0.2) is 5.58 Å². The number of oxazole rings is 1. The zero-order valence-corrected chi connectivity index (χ0v) is 23.7. The first-order valence-electron chi connectivity index (χ1n) is 14.0. The summed E-state index contributed by atoms with van der Waals surface area (Å²) in [6.45, 7) is 5.30. The highest BCUT2D eigenvalue weighted by molar-refractivity contribution is 5.81. The van der Waals surface area contributed by atoms with E-state index in [2.05, 4.69) is 16.4 Å². The third-order valence-corrected chi connectivity index (χ3v) is 7.94. The van der Waals surface area contributed by atoms with Crippen LogP contribution in [0.15, 0.2) is 40.8 Å². The monoisotopic (exact) mass is 614 g/mol. The number of nitriles is 1. The molecule has 1 fully saturated rings. The van der Waals surface area contributed by atoms with Crippen LogP contribution in [0.5, 0.6) is 0 Å². The largest absolute Gasteiger partial charge is 0.436 e. The Hall–Kier alpha value is -3.21. The van der Waals surface area contributed by atoms with E-state index in [0.717, 1.165) is 5.56 Å². The summed E-state index contributed by atoms with van der Waals surface area (Å²) in [4.78, 5) is 6.28. The summed E-state index contributed by atoms with van der Waals surface area (Å²) < 4.78 is 96.3. The molecule has 0 saturated carbocycles. The summed E-state index contributed by atoms with van der Waals surface area (Å²) >= 11 is 0. The van der Waals surface area contributed by atoms with Gasteiger partial charge in [0.1, 0.15) is 11.7 Å². The molecular weight excluding hydrogens is 581 g/mol. The zero-order valence-electron chi connectivity index (χ0n) is 23.7. The van der Waals surface area contributed by atoms with Crippen molar-refractivity contribution in [2.24, 2.45) is 5.92 Å². The van der Waals surface area contributed by atoms with Gasteiger partial charge in [-0.3, -0.25) is 5.32 Å². The van der Waals surface area contributed by atoms with Crippen LogP contribution < -0.4 is 5.32 Å². The van der Waals surface area contributed by atoms with Gasteiger partial charge in [0.25, 0.3) is 5.67 Å². The van der Waals surface area contributed by atoms with Crippen molar-refractivity contribution < 1.29 is 40.3 Å². The van der Waals surface area contributed by atoms with Crippen LogP contribution in [0.4, 0.5) is 30.7 Å². The summed E-state index contributed by atoms with van der Waals surface area (Å²) in [6.07, 6.45) is -14.0. The number of hydrogen-bond donors (Lipinski definition) is 2. The van der Waals surface area contributed by atoms with Gasteiger partial charge in [0.05, 0.1) is 11.6 Å². The fourth-order valence-corrected chi connectivity index (χ4v) is 5.28. The Morgan fingerprint density at radius 3 is 2.23 bits per heavy atom. The molecule has 1 unspecified atom stereocenters. The van der Waals surface area contributed by atoms with Crippen molar-refractivity contribution in [2.75, 3.05) is 26.2 Å². The lowest BCUT2D eigenvalue weighted by Crippen LogP contribution is -2.53. The standard InChI is InChI=1S/C30H33F7N4O2/c1-18(2)23-14-20(16-38)15-24-25(23)43-27(40-24)22-6-4-21(5-7-22)26(42)39-17-19-8-12-41(13-9-19)11-3-10-28(31,29(32,33)34)30(35,36)37/h4-7,14-15,18-19,26,39,42H,3,8-13,17H2,1-2H3. The van der Waals surface area contributed by atoms with E-state index in [4.69, 9.17) is 4.42 Å². The number of rotatable bonds is 10. The summed E-state index contributed by atoms with van der Waals surface area (Å²) in [6, 6.07) is 12.6. The Balaban J connectivity index is 1.26. The predicted octanol–water partition coefficient (Wildman–Crippen LogP) is 7.40. The van der Waals surface area contributed by atoms with Crippen molar-refractivity contribution in [2.45, 2.75) is 69.7 Å². The van der Waals surface area contributed by atoms with Crippen molar-refractivity contribution in [3.8, 4) is 17.5 Å². The number of aliphatic hydroxyl groups excluding tert-OH is 1. The van der Waals surface area contributed by atoms with E-state index in [0.29, 0.717) is 66.2 Å². The normalized spacial score (nSPS) is 16.6. The van der Waals surface area contributed by atoms with Crippen LogP contribution in [-0.2, 0) is 0 Å². The summed E-state index contributed by atoms with van der Waals surface area (Å²) in [5.74, 6) is 0.663. The molecule has 2 aromatic carbocycles. The summed E-state index contributed by atoms with van der Waals surface area (Å²) in [5, 5.41) is 23.0. The second kappa shape index (κ2) is 12.8. The van der Waals surface area contributed by atoms with Gasteiger partial charge in [-0.05, 0) is 80.6 Å². The predicted molar refractivity (Wildman–Crippen MR) is 146 cm³/mol. The van der Waals surface area contributed by atoms with Crippen molar-refractivity contribution in [1.82, 2.24) is 15.2 Å². The van der Waals surface area contributed by atoms with E-state index in [1.54, 1.807) is 41.3 Å². The summed E-state index contributed by atoms with van der Waals surface area (Å²) in [5.41, 5.74) is -1.30. The van der Waals surface area contributed by atoms with Gasteiger partial charge in [0, 0.05) is 24.1 Å². The molecule has 234 valence electrons. The number of alkyl halides is 7. The van der Waals surface area contributed by atoms with Crippen LogP contribution in [0.1, 0.15) is 68.4 Å². The Morgan fingerprint density at radius 2 is 1.67 bits per heavy atom. The topological polar surface area (TPSA) is 85.3 Å². The van der Waals surface area contributed by atoms with Crippen molar-refractivity contribution in [3.63, 3.8) is 0 Å². The molecule has 3 aromatic rings. The highest BCUT2D eigenvalue weighted by Gasteiger charge is 2.71. The zero-order chi connectivity index (χ0) is 31.6. The fraction of sp³-hybridized carbons (Fsp3) is 0.533. The molecule has 0 amide bonds. The van der Waals surface area contributed by atoms with Gasteiger partial charge in [-0.2, -0.15) is 31.6 Å². The number of fused-ring (bicyclic) bond motifs is 1. The van der Waals surface area contributed by atoms with Gasteiger partial charge >= 0.3 is 12.4 Å². The Morgan fingerprint density at radius 1 is 1.05 bits per heavy atom. The molecule has 1 aliphatic rings. The molecule has 43 heavy (non-hydrogen) atoms. The van der Waals surface area contributed by atoms with E-state index in [1.807, 2.05) is 13.8 Å². The number of aromatic nitrogens is 1. The van der Waals surface area contributed by atoms with Crippen LogP contribution in [0.25, 0.3) is 22.6 Å². The second-order valence-electron chi connectivity index (χ2n) is 11.3. The Bertz CT molecular complexity index is 1410. The molecule has 1 saturated heterocycles. The highest BCUT2D eigenvalue weighted by atomic mass is 19.4. The van der Waals surface area contributed by atoms with E-state index < -0.39 is 37.1 Å². The number of piperidine rings is 1. The first kappa shape index (κ1) is 32.7. The number of likely N-dealkylation sites (tertiary alicyclic amines) is 1. The lowest BCUT2D eigenvalue weighted by atomic mass is 9.95. The number of nitrogens with zero attached hydrogens (tertiary/aromatic N) is 3. The van der Waals surface area contributed by atoms with Crippen LogP contribution >= 0.6 is 0 Å². The number of hydrogen-bond acceptors (Lipinski definition) is 6. The molecule has 0 bridgehead atoms. The molecule has 0 radical (unpaired) electrons. The molecule has 13 heteroatoms. The molecular formula is C30H33F7N4O2. The number of benzene rings is 2. The second-order valence-corrected chi connectivity index (χ2v) is 11.3. The molecule has 1 aromatic heterocycles. The van der Waals surface area contributed by atoms with Crippen molar-refractivity contribution in [3.05, 3.63) is 53.1 Å². The first-order chi connectivity index (χ1) is 20.1. The molecule has 1 aliphatic heterocycles.